The molecular formula is C29H31F5N8O2. The molecular weight excluding hydrogens is 587 g/mol. The summed E-state index contributed by atoms with van der Waals surface area (Å²) in [5.74, 6) is -1.88. The van der Waals surface area contributed by atoms with Gasteiger partial charge in [-0.3, -0.25) is 4.90 Å². The lowest BCUT2D eigenvalue weighted by Gasteiger charge is -2.34. The van der Waals surface area contributed by atoms with E-state index in [0.717, 1.165) is 38.8 Å². The highest BCUT2D eigenvalue weighted by Gasteiger charge is 2.32. The Kier molecular flexibility index (Phi) is 8.72. The van der Waals surface area contributed by atoms with Crippen LogP contribution in [0.3, 0.4) is 0 Å². The Hall–Kier alpha value is -4.34. The van der Waals surface area contributed by atoms with Crippen LogP contribution in [0.2, 0.25) is 0 Å². The predicted octanol–water partition coefficient (Wildman–Crippen LogP) is 5.11. The van der Waals surface area contributed by atoms with Crippen LogP contribution in [0.4, 0.5) is 43.9 Å². The van der Waals surface area contributed by atoms with E-state index >= 15 is 4.39 Å². The van der Waals surface area contributed by atoms with Gasteiger partial charge in [-0.25, -0.2) is 23.1 Å². The van der Waals surface area contributed by atoms with Gasteiger partial charge in [-0.2, -0.15) is 18.3 Å². The fourth-order valence-corrected chi connectivity index (χ4v) is 5.41. The number of carbonyl (C=O) groups is 1. The molecule has 15 heteroatoms. The molecule has 0 aliphatic carbocycles. The summed E-state index contributed by atoms with van der Waals surface area (Å²) in [5.41, 5.74) is 6.34. The molecule has 5 N–H and O–H groups in total. The number of likely N-dealkylation sites (N-methyl/N-ethyl adjacent to an activating group) is 1. The summed E-state index contributed by atoms with van der Waals surface area (Å²) in [6.45, 7) is 8.48. The Balaban J connectivity index is 1.46. The number of amides is 2. The first-order valence-corrected chi connectivity index (χ1v) is 13.9. The minimum atomic E-state index is -4.75. The molecule has 1 aliphatic rings. The first-order chi connectivity index (χ1) is 20.9. The summed E-state index contributed by atoms with van der Waals surface area (Å²) < 4.78 is 70.2. The predicted molar refractivity (Wildman–Crippen MR) is 155 cm³/mol. The zero-order valence-electron chi connectivity index (χ0n) is 23.9. The minimum Gasteiger partial charge on any atom is -0.389 e. The van der Waals surface area contributed by atoms with Crippen molar-refractivity contribution in [3.8, 4) is 11.1 Å². The van der Waals surface area contributed by atoms with E-state index in [4.69, 9.17) is 5.73 Å². The first kappa shape index (κ1) is 31.1. The van der Waals surface area contributed by atoms with Gasteiger partial charge in [0.15, 0.2) is 5.82 Å². The number of nitrogens with two attached hydrogens (primary N) is 1. The molecule has 4 aromatic rings. The van der Waals surface area contributed by atoms with E-state index < -0.39 is 41.2 Å². The molecule has 2 aromatic carbocycles. The maximum Gasteiger partial charge on any atom is 0.416 e. The summed E-state index contributed by atoms with van der Waals surface area (Å²) in [4.78, 5) is 21.2. The van der Waals surface area contributed by atoms with E-state index in [-0.39, 0.29) is 11.5 Å². The van der Waals surface area contributed by atoms with Crippen LogP contribution in [0, 0.1) is 11.6 Å². The summed E-state index contributed by atoms with van der Waals surface area (Å²) >= 11 is 0. The van der Waals surface area contributed by atoms with Crippen LogP contribution in [0.15, 0.2) is 42.7 Å². The largest absolute Gasteiger partial charge is 0.416 e. The molecule has 0 bridgehead atoms. The second-order valence-electron chi connectivity index (χ2n) is 10.5. The number of alkyl halides is 3. The number of urea groups is 1. The van der Waals surface area contributed by atoms with Crippen LogP contribution in [-0.4, -0.2) is 68.3 Å². The molecule has 3 heterocycles. The summed E-state index contributed by atoms with van der Waals surface area (Å²) in [7, 11) is 0. The fourth-order valence-electron chi connectivity index (χ4n) is 5.41. The van der Waals surface area contributed by atoms with Crippen molar-refractivity contribution in [3.05, 3.63) is 71.2 Å². The Labute approximate surface area is 249 Å². The van der Waals surface area contributed by atoms with Gasteiger partial charge in [0.05, 0.1) is 28.7 Å². The van der Waals surface area contributed by atoms with Gasteiger partial charge >= 0.3 is 12.2 Å². The number of carbonyl (C=O) groups excluding carboxylic acids is 1. The van der Waals surface area contributed by atoms with Crippen molar-refractivity contribution in [2.45, 2.75) is 32.7 Å². The monoisotopic (exact) mass is 618 g/mol. The van der Waals surface area contributed by atoms with E-state index in [9.17, 15) is 27.5 Å². The van der Waals surface area contributed by atoms with Gasteiger partial charge < -0.3 is 26.4 Å². The van der Waals surface area contributed by atoms with Crippen molar-refractivity contribution in [3.63, 3.8) is 0 Å². The molecule has 2 amide bonds. The minimum absolute atomic E-state index is 0.115. The number of nitrogen functional groups attached to an aromatic ring is 1. The van der Waals surface area contributed by atoms with Crippen molar-refractivity contribution in [1.82, 2.24) is 24.4 Å². The number of piperazine rings is 1. The SMILES string of the molecule is CCN1CCN(Cc2c(C(C)O)c(-c3ccc(NC(=O)Nc4cc(C(F)(F)F)ccc4F)c(F)c3)c3c(N)ncnn23)CC1. The summed E-state index contributed by atoms with van der Waals surface area (Å²) in [5, 5.41) is 19.5. The Bertz CT molecular complexity index is 1680. The number of aliphatic hydroxyl groups excluding tert-OH is 1. The number of rotatable bonds is 7. The molecule has 234 valence electrons. The molecule has 1 saturated heterocycles. The molecule has 0 radical (unpaired) electrons. The summed E-state index contributed by atoms with van der Waals surface area (Å²) in [6, 6.07) is 4.25. The van der Waals surface area contributed by atoms with Gasteiger partial charge in [0, 0.05) is 43.9 Å². The van der Waals surface area contributed by atoms with Gasteiger partial charge in [0.1, 0.15) is 23.5 Å². The standard InChI is InChI=1S/C29H31F5N8O2/c1-3-40-8-10-41(11-9-40)14-23-24(16(2)43)25(26-27(35)36-15-37-42(23)26)17-4-7-21(20(31)12-17)38-28(44)39-22-13-18(29(32,33)34)5-6-19(22)30/h4-7,12-13,15-16,43H,3,8-11,14H2,1-2H3,(H2,35,36,37)(H2,38,39,44). The molecule has 1 atom stereocenters. The Morgan fingerprint density at radius 1 is 1.02 bits per heavy atom. The molecule has 5 rings (SSSR count). The van der Waals surface area contributed by atoms with Gasteiger partial charge in [0.2, 0.25) is 0 Å². The third-order valence-electron chi connectivity index (χ3n) is 7.64. The van der Waals surface area contributed by atoms with E-state index in [0.29, 0.717) is 52.6 Å². The van der Waals surface area contributed by atoms with Crippen LogP contribution in [-0.2, 0) is 12.7 Å². The first-order valence-electron chi connectivity index (χ1n) is 13.9. The van der Waals surface area contributed by atoms with Crippen LogP contribution in [0.5, 0.6) is 0 Å². The van der Waals surface area contributed by atoms with Crippen molar-refractivity contribution in [2.75, 3.05) is 49.1 Å². The molecule has 0 saturated carbocycles. The smallest absolute Gasteiger partial charge is 0.389 e. The quantitative estimate of drug-likeness (QED) is 0.212. The highest BCUT2D eigenvalue weighted by Crippen LogP contribution is 2.40. The lowest BCUT2D eigenvalue weighted by Crippen LogP contribution is -2.45. The van der Waals surface area contributed by atoms with Crippen LogP contribution >= 0.6 is 0 Å². The van der Waals surface area contributed by atoms with E-state index in [1.165, 1.54) is 18.5 Å². The van der Waals surface area contributed by atoms with Crippen molar-refractivity contribution >= 4 is 28.7 Å². The van der Waals surface area contributed by atoms with Crippen molar-refractivity contribution in [2.24, 2.45) is 0 Å². The zero-order valence-corrected chi connectivity index (χ0v) is 23.9. The number of nitrogens with zero attached hydrogens (tertiary/aromatic N) is 5. The van der Waals surface area contributed by atoms with E-state index in [1.54, 1.807) is 11.4 Å². The van der Waals surface area contributed by atoms with Crippen LogP contribution in [0.25, 0.3) is 16.6 Å². The van der Waals surface area contributed by atoms with E-state index in [1.807, 2.05) is 5.32 Å². The van der Waals surface area contributed by atoms with Gasteiger partial charge in [-0.15, -0.1) is 0 Å². The number of fused-ring (bicyclic) bond motifs is 1. The number of halogens is 5. The molecule has 0 spiro atoms. The third kappa shape index (κ3) is 6.30. The lowest BCUT2D eigenvalue weighted by molar-refractivity contribution is -0.137. The maximum atomic E-state index is 15.4. The lowest BCUT2D eigenvalue weighted by atomic mass is 9.97. The normalized spacial score (nSPS) is 15.5. The highest BCUT2D eigenvalue weighted by atomic mass is 19.4. The highest BCUT2D eigenvalue weighted by molar-refractivity contribution is 6.00. The fraction of sp³-hybridized carbons (Fsp3) is 0.345. The molecule has 1 fully saturated rings. The van der Waals surface area contributed by atoms with Crippen LogP contribution in [0.1, 0.15) is 36.8 Å². The number of hydrogen-bond donors (Lipinski definition) is 4. The van der Waals surface area contributed by atoms with Gasteiger partial charge in [0.25, 0.3) is 0 Å². The number of benzene rings is 2. The second-order valence-corrected chi connectivity index (χ2v) is 10.5. The zero-order chi connectivity index (χ0) is 31.8. The second kappa shape index (κ2) is 12.3. The Morgan fingerprint density at radius 2 is 1.70 bits per heavy atom. The third-order valence-corrected chi connectivity index (χ3v) is 7.64. The number of anilines is 3. The molecule has 10 nitrogen and oxygen atoms in total. The summed E-state index contributed by atoms with van der Waals surface area (Å²) in [6.07, 6.45) is -4.45. The Morgan fingerprint density at radius 3 is 2.34 bits per heavy atom. The number of aliphatic hydroxyl groups is 1. The average molecular weight is 619 g/mol. The topological polar surface area (TPSA) is 124 Å². The maximum absolute atomic E-state index is 15.4. The average Bonchev–Trinajstić information content (AvgIpc) is 3.30. The van der Waals surface area contributed by atoms with Crippen LogP contribution < -0.4 is 16.4 Å². The number of aromatic nitrogens is 3. The molecule has 1 aliphatic heterocycles. The van der Waals surface area contributed by atoms with Gasteiger partial charge in [-0.1, -0.05) is 13.0 Å². The molecule has 1 unspecified atom stereocenters. The van der Waals surface area contributed by atoms with Crippen molar-refractivity contribution < 1.29 is 31.9 Å². The number of hydrogen-bond acceptors (Lipinski definition) is 7. The molecule has 2 aromatic heterocycles. The van der Waals surface area contributed by atoms with E-state index in [2.05, 4.69) is 32.1 Å². The molecule has 44 heavy (non-hydrogen) atoms. The van der Waals surface area contributed by atoms with Gasteiger partial charge in [-0.05, 0) is 49.4 Å². The number of nitrogens with one attached hydrogen (secondary N) is 2. The van der Waals surface area contributed by atoms with Crippen molar-refractivity contribution in [1.29, 1.82) is 0 Å².